The fourth-order valence-corrected chi connectivity index (χ4v) is 3.16. The summed E-state index contributed by atoms with van der Waals surface area (Å²) in [5.41, 5.74) is 3.04. The molecule has 1 aromatic heterocycles. The summed E-state index contributed by atoms with van der Waals surface area (Å²) < 4.78 is 28.6. The number of hydrogen-bond acceptors (Lipinski definition) is 1. The Kier molecular flexibility index (Phi) is 5.62. The molecule has 0 saturated heterocycles. The van der Waals surface area contributed by atoms with Gasteiger partial charge in [-0.3, -0.25) is 0 Å². The lowest BCUT2D eigenvalue weighted by Gasteiger charge is -2.06. The summed E-state index contributed by atoms with van der Waals surface area (Å²) in [4.78, 5) is 0. The zero-order valence-corrected chi connectivity index (χ0v) is 13.1. The third kappa shape index (κ3) is 4.21. The Balaban J connectivity index is 1.93. The first-order valence-corrected chi connectivity index (χ1v) is 8.04. The Hall–Kier alpha value is -1.55. The Morgan fingerprint density at radius 3 is 2.62 bits per heavy atom. The first-order valence-electron chi connectivity index (χ1n) is 6.89. The van der Waals surface area contributed by atoms with Crippen LogP contribution in [0.3, 0.4) is 0 Å². The van der Waals surface area contributed by atoms with Gasteiger partial charge in [-0.2, -0.15) is 11.8 Å². The highest BCUT2D eigenvalue weighted by molar-refractivity contribution is 7.97. The van der Waals surface area contributed by atoms with Gasteiger partial charge in [0, 0.05) is 36.0 Å². The maximum atomic E-state index is 13.5. The van der Waals surface area contributed by atoms with Crippen molar-refractivity contribution in [3.8, 4) is 0 Å². The van der Waals surface area contributed by atoms with Crippen LogP contribution in [0.4, 0.5) is 8.78 Å². The molecule has 0 bridgehead atoms. The minimum absolute atomic E-state index is 0.468. The molecule has 0 aliphatic rings. The van der Waals surface area contributed by atoms with Gasteiger partial charge in [0.15, 0.2) is 0 Å². The van der Waals surface area contributed by atoms with Crippen LogP contribution in [0.1, 0.15) is 23.7 Å². The van der Waals surface area contributed by atoms with Gasteiger partial charge >= 0.3 is 0 Å². The van der Waals surface area contributed by atoms with Crippen LogP contribution < -0.4 is 0 Å². The van der Waals surface area contributed by atoms with Gasteiger partial charge in [-0.05, 0) is 37.1 Å². The number of benzene rings is 1. The molecule has 1 nitrogen and oxygen atoms in total. The lowest BCUT2D eigenvalue weighted by molar-refractivity contribution is 0.576. The molecule has 0 fully saturated rings. The lowest BCUT2D eigenvalue weighted by atomic mass is 10.2. The molecule has 0 radical (unpaired) electrons. The van der Waals surface area contributed by atoms with Crippen molar-refractivity contribution in [1.82, 2.24) is 4.57 Å². The Morgan fingerprint density at radius 2 is 1.90 bits per heavy atom. The van der Waals surface area contributed by atoms with Crippen molar-refractivity contribution in [3.63, 3.8) is 0 Å². The highest BCUT2D eigenvalue weighted by Crippen LogP contribution is 2.22. The summed E-state index contributed by atoms with van der Waals surface area (Å²) >= 11 is 1.64. The van der Waals surface area contributed by atoms with Crippen molar-refractivity contribution in [2.45, 2.75) is 31.9 Å². The average molecular weight is 307 g/mol. The molecule has 0 amide bonds. The minimum Gasteiger partial charge on any atom is -0.348 e. The van der Waals surface area contributed by atoms with Gasteiger partial charge in [0.25, 0.3) is 0 Å². The van der Waals surface area contributed by atoms with Gasteiger partial charge in [0.1, 0.15) is 11.6 Å². The van der Waals surface area contributed by atoms with E-state index in [0.29, 0.717) is 11.3 Å². The lowest BCUT2D eigenvalue weighted by Crippen LogP contribution is -1.97. The number of rotatable bonds is 6. The van der Waals surface area contributed by atoms with E-state index in [2.05, 4.69) is 29.8 Å². The van der Waals surface area contributed by atoms with Gasteiger partial charge in [-0.1, -0.05) is 18.2 Å². The molecule has 0 saturated carbocycles. The highest BCUT2D eigenvalue weighted by atomic mass is 32.2. The molecule has 0 unspecified atom stereocenters. The number of hydrogen-bond donors (Lipinski definition) is 0. The van der Waals surface area contributed by atoms with Crippen LogP contribution in [0, 0.1) is 18.6 Å². The number of thioether (sulfide) groups is 1. The van der Waals surface area contributed by atoms with Crippen molar-refractivity contribution < 1.29 is 8.78 Å². The van der Waals surface area contributed by atoms with Crippen LogP contribution in [0.15, 0.2) is 42.6 Å². The van der Waals surface area contributed by atoms with E-state index in [1.54, 1.807) is 11.8 Å². The molecule has 2 aromatic rings. The molecule has 21 heavy (non-hydrogen) atoms. The number of nitrogens with zero attached hydrogens (tertiary/aromatic N) is 1. The summed E-state index contributed by atoms with van der Waals surface area (Å²) in [5.74, 6) is 0.375. The van der Waals surface area contributed by atoms with E-state index >= 15 is 0 Å². The van der Waals surface area contributed by atoms with E-state index in [1.165, 1.54) is 23.4 Å². The van der Waals surface area contributed by atoms with E-state index < -0.39 is 11.6 Å². The van der Waals surface area contributed by atoms with E-state index in [-0.39, 0.29) is 0 Å². The molecule has 2 rings (SSSR count). The number of allylic oxidation sites excluding steroid dienone is 2. The van der Waals surface area contributed by atoms with Crippen molar-refractivity contribution in [2.24, 2.45) is 0 Å². The monoisotopic (exact) mass is 307 g/mol. The molecule has 1 heterocycles. The van der Waals surface area contributed by atoms with Crippen LogP contribution in [-0.4, -0.2) is 4.57 Å². The predicted octanol–water partition coefficient (Wildman–Crippen LogP) is 5.08. The fourth-order valence-electron chi connectivity index (χ4n) is 2.08. The summed E-state index contributed by atoms with van der Waals surface area (Å²) in [6, 6.07) is 5.86. The van der Waals surface area contributed by atoms with Gasteiger partial charge in [-0.15, -0.1) is 0 Å². The number of aromatic nitrogens is 1. The summed E-state index contributed by atoms with van der Waals surface area (Å²) in [6.45, 7) is 4.98. The van der Waals surface area contributed by atoms with Crippen molar-refractivity contribution >= 4 is 11.8 Å². The van der Waals surface area contributed by atoms with Crippen molar-refractivity contribution in [2.75, 3.05) is 0 Å². The van der Waals surface area contributed by atoms with Crippen LogP contribution in [-0.2, 0) is 18.1 Å². The molecule has 0 N–H and O–H groups in total. The number of halogens is 2. The van der Waals surface area contributed by atoms with E-state index in [0.717, 1.165) is 18.4 Å². The second kappa shape index (κ2) is 7.46. The maximum absolute atomic E-state index is 13.5. The van der Waals surface area contributed by atoms with Gasteiger partial charge in [-0.25, -0.2) is 8.78 Å². The van der Waals surface area contributed by atoms with Gasteiger partial charge < -0.3 is 4.57 Å². The van der Waals surface area contributed by atoms with E-state index in [4.69, 9.17) is 0 Å². The normalized spacial score (nSPS) is 11.4. The summed E-state index contributed by atoms with van der Waals surface area (Å²) in [5, 5.41) is 0. The summed E-state index contributed by atoms with van der Waals surface area (Å²) in [6.07, 6.45) is 6.21. The Bertz CT molecular complexity index is 632. The van der Waals surface area contributed by atoms with Crippen LogP contribution in [0.2, 0.25) is 0 Å². The van der Waals surface area contributed by atoms with E-state index in [1.807, 2.05) is 13.0 Å². The largest absolute Gasteiger partial charge is 0.348 e. The highest BCUT2D eigenvalue weighted by Gasteiger charge is 2.07. The van der Waals surface area contributed by atoms with Gasteiger partial charge in [0.05, 0.1) is 0 Å². The molecular formula is C17H19F2NS. The van der Waals surface area contributed by atoms with Crippen LogP contribution in [0.5, 0.6) is 0 Å². The Labute approximate surface area is 128 Å². The third-order valence-corrected chi connectivity index (χ3v) is 4.45. The molecule has 112 valence electrons. The maximum Gasteiger partial charge on any atom is 0.130 e. The predicted molar refractivity (Wildman–Crippen MR) is 85.3 cm³/mol. The molecule has 1 aromatic carbocycles. The smallest absolute Gasteiger partial charge is 0.130 e. The zero-order valence-electron chi connectivity index (χ0n) is 12.3. The van der Waals surface area contributed by atoms with Crippen LogP contribution in [0.25, 0.3) is 0 Å². The van der Waals surface area contributed by atoms with Crippen LogP contribution >= 0.6 is 11.8 Å². The molecule has 0 atom stereocenters. The average Bonchev–Trinajstić information content (AvgIpc) is 2.80. The fraction of sp³-hybridized carbons (Fsp3) is 0.294. The Morgan fingerprint density at radius 1 is 1.14 bits per heavy atom. The SMILES string of the molecule is C/C=C/Cn1ccc(CSCc2ccc(F)cc2F)c1C. The van der Waals surface area contributed by atoms with Gasteiger partial charge in [0.2, 0.25) is 0 Å². The zero-order chi connectivity index (χ0) is 15.2. The molecule has 4 heteroatoms. The van der Waals surface area contributed by atoms with E-state index in [9.17, 15) is 8.78 Å². The standard InChI is InChI=1S/C17H19F2NS/c1-3-4-8-20-9-7-14(13(20)2)11-21-12-15-5-6-16(18)10-17(15)19/h3-7,9-10H,8,11-12H2,1-2H3/b4-3+. The molecular weight excluding hydrogens is 288 g/mol. The molecule has 0 spiro atoms. The topological polar surface area (TPSA) is 4.93 Å². The molecule has 0 aliphatic heterocycles. The third-order valence-electron chi connectivity index (χ3n) is 3.42. The summed E-state index contributed by atoms with van der Waals surface area (Å²) in [7, 11) is 0. The second-order valence-corrected chi connectivity index (χ2v) is 5.86. The quantitative estimate of drug-likeness (QED) is 0.673. The second-order valence-electron chi connectivity index (χ2n) is 4.88. The molecule has 0 aliphatic carbocycles. The van der Waals surface area contributed by atoms with Crippen molar-refractivity contribution in [1.29, 1.82) is 0 Å². The van der Waals surface area contributed by atoms with Crippen molar-refractivity contribution in [3.05, 3.63) is 71.1 Å². The minimum atomic E-state index is -0.529. The first-order chi connectivity index (χ1) is 10.1. The first kappa shape index (κ1) is 15.8.